The first-order chi connectivity index (χ1) is 10.1. The average Bonchev–Trinajstić information content (AvgIpc) is 2.47. The lowest BCUT2D eigenvalue weighted by Gasteiger charge is -2.09. The fourth-order valence-electron chi connectivity index (χ4n) is 1.89. The number of methoxy groups -OCH3 is 1. The Morgan fingerprint density at radius 2 is 2.00 bits per heavy atom. The second-order valence-corrected chi connectivity index (χ2v) is 5.56. The van der Waals surface area contributed by atoms with Crippen molar-refractivity contribution in [2.24, 2.45) is 0 Å². The standard InChI is InChI=1S/C17H16O3S/c1-12-11-14(9-7-13(12)8-10-17(18)19)21-16-6-4-3-5-15(16)20-2/h3-11H,1-2H3,(H,18,19)/b10-8+. The van der Waals surface area contributed by atoms with Crippen LogP contribution in [0.3, 0.4) is 0 Å². The number of aliphatic carboxylic acids is 1. The lowest BCUT2D eigenvalue weighted by Crippen LogP contribution is -1.88. The van der Waals surface area contributed by atoms with Gasteiger partial charge in [0, 0.05) is 11.0 Å². The van der Waals surface area contributed by atoms with Gasteiger partial charge >= 0.3 is 5.97 Å². The summed E-state index contributed by atoms with van der Waals surface area (Å²) in [7, 11) is 1.66. The second-order valence-electron chi connectivity index (χ2n) is 4.44. The van der Waals surface area contributed by atoms with Crippen molar-refractivity contribution in [2.45, 2.75) is 16.7 Å². The van der Waals surface area contributed by atoms with E-state index in [1.54, 1.807) is 24.9 Å². The molecular formula is C17H16O3S. The minimum absolute atomic E-state index is 0.843. The quantitative estimate of drug-likeness (QED) is 0.838. The van der Waals surface area contributed by atoms with E-state index in [0.717, 1.165) is 32.7 Å². The Labute approximate surface area is 128 Å². The number of benzene rings is 2. The molecule has 0 fully saturated rings. The van der Waals surface area contributed by atoms with E-state index in [2.05, 4.69) is 0 Å². The van der Waals surface area contributed by atoms with Crippen LogP contribution in [0.2, 0.25) is 0 Å². The molecule has 0 saturated carbocycles. The van der Waals surface area contributed by atoms with Crippen LogP contribution >= 0.6 is 11.8 Å². The summed E-state index contributed by atoms with van der Waals surface area (Å²) in [5.41, 5.74) is 1.94. The largest absolute Gasteiger partial charge is 0.496 e. The van der Waals surface area contributed by atoms with E-state index in [-0.39, 0.29) is 0 Å². The summed E-state index contributed by atoms with van der Waals surface area (Å²) in [4.78, 5) is 12.7. The number of aryl methyl sites for hydroxylation is 1. The van der Waals surface area contributed by atoms with Gasteiger partial charge in [0.2, 0.25) is 0 Å². The van der Waals surface area contributed by atoms with Gasteiger partial charge in [-0.05, 0) is 48.4 Å². The zero-order valence-electron chi connectivity index (χ0n) is 11.9. The number of ether oxygens (including phenoxy) is 1. The van der Waals surface area contributed by atoms with Crippen molar-refractivity contribution < 1.29 is 14.6 Å². The van der Waals surface area contributed by atoms with Crippen LogP contribution in [0.5, 0.6) is 5.75 Å². The maximum atomic E-state index is 10.6. The summed E-state index contributed by atoms with van der Waals surface area (Å²) < 4.78 is 5.34. The first-order valence-corrected chi connectivity index (χ1v) is 7.24. The zero-order valence-corrected chi connectivity index (χ0v) is 12.7. The van der Waals surface area contributed by atoms with E-state index in [1.165, 1.54) is 0 Å². The summed E-state index contributed by atoms with van der Waals surface area (Å²) in [6, 6.07) is 13.8. The van der Waals surface area contributed by atoms with Crippen LogP contribution in [0.25, 0.3) is 6.08 Å². The molecule has 2 aromatic carbocycles. The third kappa shape index (κ3) is 4.13. The Bertz CT molecular complexity index is 677. The van der Waals surface area contributed by atoms with Crippen LogP contribution in [-0.4, -0.2) is 18.2 Å². The van der Waals surface area contributed by atoms with Gasteiger partial charge in [0.05, 0.1) is 12.0 Å². The third-order valence-corrected chi connectivity index (χ3v) is 3.99. The van der Waals surface area contributed by atoms with Gasteiger partial charge in [-0.15, -0.1) is 0 Å². The number of carbonyl (C=O) groups is 1. The molecule has 0 aliphatic heterocycles. The number of hydrogen-bond acceptors (Lipinski definition) is 3. The van der Waals surface area contributed by atoms with Crippen LogP contribution < -0.4 is 4.74 Å². The molecule has 0 unspecified atom stereocenters. The molecule has 0 atom stereocenters. The van der Waals surface area contributed by atoms with Crippen LogP contribution in [-0.2, 0) is 4.79 Å². The van der Waals surface area contributed by atoms with Gasteiger partial charge in [0.15, 0.2) is 0 Å². The third-order valence-electron chi connectivity index (χ3n) is 2.94. The Balaban J connectivity index is 2.22. The molecule has 4 heteroatoms. The van der Waals surface area contributed by atoms with Crippen LogP contribution in [0.4, 0.5) is 0 Å². The number of rotatable bonds is 5. The predicted octanol–water partition coefficient (Wildman–Crippen LogP) is 4.25. The van der Waals surface area contributed by atoms with Crippen molar-refractivity contribution in [3.05, 3.63) is 59.7 Å². The number of carboxylic acid groups (broad SMARTS) is 1. The highest BCUT2D eigenvalue weighted by molar-refractivity contribution is 7.99. The molecule has 3 nitrogen and oxygen atoms in total. The molecule has 1 N–H and O–H groups in total. The predicted molar refractivity (Wildman–Crippen MR) is 85.0 cm³/mol. The summed E-state index contributed by atoms with van der Waals surface area (Å²) >= 11 is 1.62. The number of para-hydroxylation sites is 1. The van der Waals surface area contributed by atoms with Gasteiger partial charge in [-0.1, -0.05) is 30.0 Å². The van der Waals surface area contributed by atoms with Gasteiger partial charge < -0.3 is 9.84 Å². The lowest BCUT2D eigenvalue weighted by atomic mass is 10.1. The van der Waals surface area contributed by atoms with Gasteiger partial charge in [-0.3, -0.25) is 0 Å². The molecule has 21 heavy (non-hydrogen) atoms. The van der Waals surface area contributed by atoms with Gasteiger partial charge in [-0.2, -0.15) is 0 Å². The summed E-state index contributed by atoms with van der Waals surface area (Å²) in [6.07, 6.45) is 2.75. The molecule has 0 aliphatic carbocycles. The average molecular weight is 300 g/mol. The summed E-state index contributed by atoms with van der Waals surface area (Å²) in [6.45, 7) is 1.97. The maximum absolute atomic E-state index is 10.6. The van der Waals surface area contributed by atoms with Gasteiger partial charge in [0.25, 0.3) is 0 Å². The molecular weight excluding hydrogens is 284 g/mol. The van der Waals surface area contributed by atoms with Crippen LogP contribution in [0, 0.1) is 6.92 Å². The van der Waals surface area contributed by atoms with Gasteiger partial charge in [0.1, 0.15) is 5.75 Å². The van der Waals surface area contributed by atoms with E-state index in [4.69, 9.17) is 9.84 Å². The van der Waals surface area contributed by atoms with E-state index in [9.17, 15) is 4.79 Å². The highest BCUT2D eigenvalue weighted by Gasteiger charge is 2.05. The van der Waals surface area contributed by atoms with Crippen molar-refractivity contribution in [1.82, 2.24) is 0 Å². The molecule has 108 valence electrons. The normalized spacial score (nSPS) is 10.8. The monoisotopic (exact) mass is 300 g/mol. The second kappa shape index (κ2) is 6.99. The van der Waals surface area contributed by atoms with E-state index >= 15 is 0 Å². The van der Waals surface area contributed by atoms with Crippen molar-refractivity contribution in [1.29, 1.82) is 0 Å². The minimum Gasteiger partial charge on any atom is -0.496 e. The zero-order chi connectivity index (χ0) is 15.2. The smallest absolute Gasteiger partial charge is 0.328 e. The van der Waals surface area contributed by atoms with Crippen LogP contribution in [0.1, 0.15) is 11.1 Å². The highest BCUT2D eigenvalue weighted by atomic mass is 32.2. The van der Waals surface area contributed by atoms with Crippen molar-refractivity contribution in [2.75, 3.05) is 7.11 Å². The van der Waals surface area contributed by atoms with Gasteiger partial charge in [-0.25, -0.2) is 4.79 Å². The first kappa shape index (κ1) is 15.2. The summed E-state index contributed by atoms with van der Waals surface area (Å²) in [5, 5.41) is 8.67. The molecule has 0 spiro atoms. The number of hydrogen-bond donors (Lipinski definition) is 1. The fourth-order valence-corrected chi connectivity index (χ4v) is 2.91. The molecule has 2 aromatic rings. The van der Waals surface area contributed by atoms with E-state index < -0.39 is 5.97 Å². The molecule has 0 saturated heterocycles. The molecule has 0 radical (unpaired) electrons. The molecule has 0 amide bonds. The maximum Gasteiger partial charge on any atom is 0.328 e. The van der Waals surface area contributed by atoms with E-state index in [0.29, 0.717) is 0 Å². The van der Waals surface area contributed by atoms with Crippen molar-refractivity contribution >= 4 is 23.8 Å². The molecule has 0 heterocycles. The topological polar surface area (TPSA) is 46.5 Å². The molecule has 0 bridgehead atoms. The summed E-state index contributed by atoms with van der Waals surface area (Å²) in [5.74, 6) is -0.100. The fraction of sp³-hybridized carbons (Fsp3) is 0.118. The first-order valence-electron chi connectivity index (χ1n) is 6.42. The minimum atomic E-state index is -0.943. The Hall–Kier alpha value is -2.20. The lowest BCUT2D eigenvalue weighted by molar-refractivity contribution is -0.131. The Morgan fingerprint density at radius 1 is 1.24 bits per heavy atom. The molecule has 2 rings (SSSR count). The molecule has 0 aliphatic rings. The number of carboxylic acids is 1. The SMILES string of the molecule is COc1ccccc1Sc1ccc(/C=C/C(=O)O)c(C)c1. The Morgan fingerprint density at radius 3 is 2.67 bits per heavy atom. The Kier molecular flexibility index (Phi) is 5.06. The van der Waals surface area contributed by atoms with Crippen LogP contribution in [0.15, 0.2) is 58.3 Å². The van der Waals surface area contributed by atoms with E-state index in [1.807, 2.05) is 49.4 Å². The van der Waals surface area contributed by atoms with Crippen molar-refractivity contribution in [3.8, 4) is 5.75 Å². The molecule has 0 aromatic heterocycles. The van der Waals surface area contributed by atoms with Crippen molar-refractivity contribution in [3.63, 3.8) is 0 Å². The highest BCUT2D eigenvalue weighted by Crippen LogP contribution is 2.35.